The number of hydrogen-bond acceptors (Lipinski definition) is 2. The molecule has 0 aliphatic heterocycles. The van der Waals surface area contributed by atoms with Crippen LogP contribution < -0.4 is 10.6 Å². The zero-order valence-electron chi connectivity index (χ0n) is 19.4. The number of carbonyl (C=O) groups is 1. The van der Waals surface area contributed by atoms with E-state index in [1.807, 2.05) is 48.5 Å². The third-order valence-electron chi connectivity index (χ3n) is 5.41. The molecule has 0 unspecified atom stereocenters. The second-order valence-electron chi connectivity index (χ2n) is 9.21. The molecular formula is C28H32N2OS. The average Bonchev–Trinajstić information content (AvgIpc) is 2.76. The smallest absolute Gasteiger partial charge is 0.193 e. The molecule has 4 heteroatoms. The molecule has 0 amide bonds. The van der Waals surface area contributed by atoms with Crippen molar-refractivity contribution < 1.29 is 4.79 Å². The molecule has 0 aliphatic carbocycles. The molecule has 3 aromatic carbocycles. The molecule has 3 aromatic rings. The number of aryl methyl sites for hydroxylation is 2. The lowest BCUT2D eigenvalue weighted by atomic mass is 9.86. The van der Waals surface area contributed by atoms with Gasteiger partial charge >= 0.3 is 0 Å². The summed E-state index contributed by atoms with van der Waals surface area (Å²) in [5.74, 6) is 0.00569. The first-order valence-corrected chi connectivity index (χ1v) is 11.5. The zero-order valence-corrected chi connectivity index (χ0v) is 20.2. The molecule has 0 heterocycles. The number of rotatable bonds is 7. The van der Waals surface area contributed by atoms with Crippen LogP contribution in [0.5, 0.6) is 0 Å². The first kappa shape index (κ1) is 23.7. The number of benzene rings is 3. The number of thiocarbonyl (C=S) groups is 1. The molecule has 3 nitrogen and oxygen atoms in total. The van der Waals surface area contributed by atoms with Crippen molar-refractivity contribution in [2.45, 2.75) is 46.0 Å². The lowest BCUT2D eigenvalue weighted by Crippen LogP contribution is -2.29. The van der Waals surface area contributed by atoms with Crippen molar-refractivity contribution in [2.24, 2.45) is 0 Å². The van der Waals surface area contributed by atoms with Crippen molar-refractivity contribution in [3.8, 4) is 0 Å². The fourth-order valence-electron chi connectivity index (χ4n) is 3.56. The zero-order chi connectivity index (χ0) is 23.1. The van der Waals surface area contributed by atoms with Gasteiger partial charge in [-0.25, -0.2) is 0 Å². The Morgan fingerprint density at radius 3 is 2.31 bits per heavy atom. The summed E-state index contributed by atoms with van der Waals surface area (Å²) in [5, 5.41) is 7.01. The lowest BCUT2D eigenvalue weighted by Gasteiger charge is -2.19. The average molecular weight is 445 g/mol. The second-order valence-corrected chi connectivity index (χ2v) is 9.62. The van der Waals surface area contributed by atoms with Crippen LogP contribution in [-0.4, -0.2) is 17.4 Å². The van der Waals surface area contributed by atoms with E-state index >= 15 is 0 Å². The summed E-state index contributed by atoms with van der Waals surface area (Å²) in [4.78, 5) is 12.9. The quantitative estimate of drug-likeness (QED) is 0.250. The molecule has 0 aromatic heterocycles. The van der Waals surface area contributed by atoms with Crippen molar-refractivity contribution >= 4 is 28.8 Å². The maximum atomic E-state index is 12.9. The van der Waals surface area contributed by atoms with Gasteiger partial charge in [0.25, 0.3) is 0 Å². The van der Waals surface area contributed by atoms with E-state index in [-0.39, 0.29) is 11.2 Å². The van der Waals surface area contributed by atoms with E-state index in [2.05, 4.69) is 62.6 Å². The molecule has 0 atom stereocenters. The summed E-state index contributed by atoms with van der Waals surface area (Å²) in [7, 11) is 0. The van der Waals surface area contributed by atoms with Crippen LogP contribution in [0.4, 0.5) is 5.69 Å². The number of anilines is 1. The highest BCUT2D eigenvalue weighted by Crippen LogP contribution is 2.23. The fourth-order valence-corrected chi connectivity index (χ4v) is 3.78. The van der Waals surface area contributed by atoms with Gasteiger partial charge in [-0.15, -0.1) is 0 Å². The highest BCUT2D eigenvalue weighted by atomic mass is 32.1. The van der Waals surface area contributed by atoms with Gasteiger partial charge in [0.15, 0.2) is 10.9 Å². The summed E-state index contributed by atoms with van der Waals surface area (Å²) >= 11 is 5.43. The Hall–Kier alpha value is -2.98. The Balaban J connectivity index is 1.53. The Kier molecular flexibility index (Phi) is 7.81. The molecule has 32 heavy (non-hydrogen) atoms. The molecule has 0 spiro atoms. The van der Waals surface area contributed by atoms with Gasteiger partial charge in [-0.05, 0) is 60.7 Å². The summed E-state index contributed by atoms with van der Waals surface area (Å²) in [6.07, 6.45) is 2.00. The fraction of sp³-hybridized carbons (Fsp3) is 0.286. The van der Waals surface area contributed by atoms with E-state index < -0.39 is 0 Å². The van der Waals surface area contributed by atoms with Crippen LogP contribution in [0.1, 0.15) is 59.8 Å². The third-order valence-corrected chi connectivity index (χ3v) is 5.65. The van der Waals surface area contributed by atoms with E-state index in [0.29, 0.717) is 16.2 Å². The summed E-state index contributed by atoms with van der Waals surface area (Å²) in [6.45, 7) is 9.40. The van der Waals surface area contributed by atoms with E-state index in [4.69, 9.17) is 12.2 Å². The van der Waals surface area contributed by atoms with Crippen LogP contribution in [0, 0.1) is 6.92 Å². The monoisotopic (exact) mass is 444 g/mol. The van der Waals surface area contributed by atoms with Crippen LogP contribution in [0.3, 0.4) is 0 Å². The SMILES string of the molecule is Cc1cccc(CCCNC(=S)Nc2cccc(C(=O)c3ccc(C(C)(C)C)cc3)c2)c1. The van der Waals surface area contributed by atoms with Gasteiger partial charge in [0, 0.05) is 23.4 Å². The largest absolute Gasteiger partial charge is 0.362 e. The minimum Gasteiger partial charge on any atom is -0.362 e. The highest BCUT2D eigenvalue weighted by molar-refractivity contribution is 7.80. The number of carbonyl (C=O) groups excluding carboxylic acids is 1. The molecule has 3 rings (SSSR count). The van der Waals surface area contributed by atoms with E-state index in [1.54, 1.807) is 0 Å². The first-order chi connectivity index (χ1) is 15.2. The van der Waals surface area contributed by atoms with Gasteiger partial charge in [0.1, 0.15) is 0 Å². The Morgan fingerprint density at radius 2 is 1.62 bits per heavy atom. The Bertz CT molecular complexity index is 1080. The molecule has 0 fully saturated rings. The predicted molar refractivity (Wildman–Crippen MR) is 139 cm³/mol. The van der Waals surface area contributed by atoms with Crippen molar-refractivity contribution in [1.82, 2.24) is 5.32 Å². The van der Waals surface area contributed by atoms with E-state index in [9.17, 15) is 4.79 Å². The maximum Gasteiger partial charge on any atom is 0.193 e. The van der Waals surface area contributed by atoms with Crippen LogP contribution >= 0.6 is 12.2 Å². The lowest BCUT2D eigenvalue weighted by molar-refractivity contribution is 0.103. The topological polar surface area (TPSA) is 41.1 Å². The van der Waals surface area contributed by atoms with Gasteiger partial charge in [-0.1, -0.05) is 87.0 Å². The number of hydrogen-bond donors (Lipinski definition) is 2. The van der Waals surface area contributed by atoms with Crippen molar-refractivity contribution in [3.63, 3.8) is 0 Å². The molecular weight excluding hydrogens is 412 g/mol. The standard InChI is InChI=1S/C28H32N2OS/c1-20-8-5-9-21(18-20)10-7-17-29-27(32)30-25-12-6-11-23(19-25)26(31)22-13-15-24(16-14-22)28(2,3)4/h5-6,8-9,11-16,18-19H,7,10,17H2,1-4H3,(H2,29,30,32). The van der Waals surface area contributed by atoms with Gasteiger partial charge < -0.3 is 10.6 Å². The maximum absolute atomic E-state index is 12.9. The summed E-state index contributed by atoms with van der Waals surface area (Å²) in [6, 6.07) is 23.9. The van der Waals surface area contributed by atoms with Crippen LogP contribution in [0.15, 0.2) is 72.8 Å². The first-order valence-electron chi connectivity index (χ1n) is 11.1. The molecule has 0 saturated carbocycles. The van der Waals surface area contributed by atoms with Crippen molar-refractivity contribution in [3.05, 3.63) is 101 Å². The third kappa shape index (κ3) is 6.76. The normalized spacial score (nSPS) is 11.1. The van der Waals surface area contributed by atoms with Crippen LogP contribution in [-0.2, 0) is 11.8 Å². The predicted octanol–water partition coefficient (Wildman–Crippen LogP) is 6.44. The van der Waals surface area contributed by atoms with E-state index in [1.165, 1.54) is 16.7 Å². The van der Waals surface area contributed by atoms with Crippen LogP contribution in [0.25, 0.3) is 0 Å². The van der Waals surface area contributed by atoms with E-state index in [0.717, 1.165) is 25.1 Å². The van der Waals surface area contributed by atoms with Gasteiger partial charge in [0.2, 0.25) is 0 Å². The molecule has 0 bridgehead atoms. The van der Waals surface area contributed by atoms with Crippen molar-refractivity contribution in [1.29, 1.82) is 0 Å². The summed E-state index contributed by atoms with van der Waals surface area (Å²) < 4.78 is 0. The van der Waals surface area contributed by atoms with Gasteiger partial charge in [-0.3, -0.25) is 4.79 Å². The van der Waals surface area contributed by atoms with Crippen molar-refractivity contribution in [2.75, 3.05) is 11.9 Å². The molecule has 166 valence electrons. The minimum absolute atomic E-state index is 0.00569. The number of nitrogens with one attached hydrogen (secondary N) is 2. The van der Waals surface area contributed by atoms with Gasteiger partial charge in [0.05, 0.1) is 0 Å². The minimum atomic E-state index is 0.00569. The molecule has 0 aliphatic rings. The Labute approximate surface area is 197 Å². The van der Waals surface area contributed by atoms with Crippen LogP contribution in [0.2, 0.25) is 0 Å². The Morgan fingerprint density at radius 1 is 0.906 bits per heavy atom. The second kappa shape index (κ2) is 10.6. The molecule has 2 N–H and O–H groups in total. The summed E-state index contributed by atoms with van der Waals surface area (Å²) in [5.41, 5.74) is 6.03. The number of ketones is 1. The van der Waals surface area contributed by atoms with Gasteiger partial charge in [-0.2, -0.15) is 0 Å². The highest BCUT2D eigenvalue weighted by Gasteiger charge is 2.15. The molecule has 0 saturated heterocycles. The molecule has 0 radical (unpaired) electrons.